The van der Waals surface area contributed by atoms with E-state index in [0.717, 1.165) is 0 Å². The van der Waals surface area contributed by atoms with Gasteiger partial charge in [-0.05, 0) is 31.8 Å². The molecule has 0 aromatic heterocycles. The highest BCUT2D eigenvalue weighted by atomic mass is 32.2. The number of nitrogens with zero attached hydrogens (tertiary/aromatic N) is 2. The van der Waals surface area contributed by atoms with Gasteiger partial charge in [0.05, 0.1) is 4.90 Å². The van der Waals surface area contributed by atoms with Crippen molar-refractivity contribution in [3.8, 4) is 0 Å². The molecule has 5 nitrogen and oxygen atoms in total. The smallest absolute Gasteiger partial charge is 0.243 e. The summed E-state index contributed by atoms with van der Waals surface area (Å²) in [5, 5.41) is 3.01. The highest BCUT2D eigenvalue weighted by molar-refractivity contribution is 7.89. The summed E-state index contributed by atoms with van der Waals surface area (Å²) in [4.78, 5) is 2.26. The number of rotatable bonds is 5. The van der Waals surface area contributed by atoms with Crippen molar-refractivity contribution in [2.75, 3.05) is 39.8 Å². The molecule has 0 radical (unpaired) electrons. The Balaban J connectivity index is 2.23. The van der Waals surface area contributed by atoms with Crippen LogP contribution in [0.15, 0.2) is 23.1 Å². The summed E-state index contributed by atoms with van der Waals surface area (Å²) in [6.45, 7) is 5.32. The first kappa shape index (κ1) is 16.4. The fourth-order valence-corrected chi connectivity index (χ4v) is 3.76. The monoisotopic (exact) mass is 315 g/mol. The number of nitrogens with one attached hydrogen (secondary N) is 1. The average molecular weight is 315 g/mol. The third kappa shape index (κ3) is 3.79. The number of piperazine rings is 1. The Hall–Kier alpha value is -1.02. The maximum Gasteiger partial charge on any atom is 0.243 e. The van der Waals surface area contributed by atoms with Crippen LogP contribution >= 0.6 is 0 Å². The minimum atomic E-state index is -3.54. The molecule has 7 heteroatoms. The van der Waals surface area contributed by atoms with E-state index in [4.69, 9.17) is 0 Å². The zero-order valence-electron chi connectivity index (χ0n) is 12.5. The van der Waals surface area contributed by atoms with Gasteiger partial charge in [-0.1, -0.05) is 6.92 Å². The summed E-state index contributed by atoms with van der Waals surface area (Å²) in [5.41, 5.74) is 0.382. The van der Waals surface area contributed by atoms with Crippen molar-refractivity contribution in [1.82, 2.24) is 14.5 Å². The fraction of sp³-hybridized carbons (Fsp3) is 0.571. The van der Waals surface area contributed by atoms with Crippen LogP contribution in [0.25, 0.3) is 0 Å². The molecule has 0 spiro atoms. The Morgan fingerprint density at radius 2 is 1.90 bits per heavy atom. The van der Waals surface area contributed by atoms with E-state index < -0.39 is 10.0 Å². The molecule has 0 unspecified atom stereocenters. The van der Waals surface area contributed by atoms with Crippen LogP contribution in [0.4, 0.5) is 4.39 Å². The zero-order valence-corrected chi connectivity index (χ0v) is 13.3. The van der Waals surface area contributed by atoms with Gasteiger partial charge >= 0.3 is 0 Å². The maximum absolute atomic E-state index is 13.7. The van der Waals surface area contributed by atoms with Crippen LogP contribution in [0, 0.1) is 5.82 Å². The molecule has 0 bridgehead atoms. The first-order valence-corrected chi connectivity index (χ1v) is 8.57. The minimum Gasteiger partial charge on any atom is -0.313 e. The van der Waals surface area contributed by atoms with E-state index in [1.165, 1.54) is 22.5 Å². The Morgan fingerprint density at radius 3 is 2.52 bits per heavy atom. The van der Waals surface area contributed by atoms with E-state index >= 15 is 0 Å². The van der Waals surface area contributed by atoms with Crippen molar-refractivity contribution in [1.29, 1.82) is 0 Å². The third-order valence-electron chi connectivity index (χ3n) is 3.68. The molecule has 1 fully saturated rings. The molecule has 0 amide bonds. The summed E-state index contributed by atoms with van der Waals surface area (Å²) in [6.07, 6.45) is 0. The topological polar surface area (TPSA) is 52.7 Å². The quantitative estimate of drug-likeness (QED) is 0.876. The number of hydrogen-bond acceptors (Lipinski definition) is 4. The molecule has 0 saturated carbocycles. The molecule has 0 aliphatic carbocycles. The van der Waals surface area contributed by atoms with Crippen molar-refractivity contribution < 1.29 is 12.8 Å². The Bertz CT molecular complexity index is 584. The molecule has 21 heavy (non-hydrogen) atoms. The summed E-state index contributed by atoms with van der Waals surface area (Å²) in [5.74, 6) is -0.381. The molecule has 1 N–H and O–H groups in total. The van der Waals surface area contributed by atoms with Crippen LogP contribution in [0.1, 0.15) is 12.5 Å². The zero-order chi connectivity index (χ0) is 15.5. The largest absolute Gasteiger partial charge is 0.313 e. The molecule has 1 aromatic rings. The first-order valence-electron chi connectivity index (χ1n) is 7.13. The SMILES string of the molecule is CCNCc1cc(S(=O)(=O)N2CCN(C)CC2)ccc1F. The average Bonchev–Trinajstić information content (AvgIpc) is 2.46. The van der Waals surface area contributed by atoms with E-state index in [1.807, 2.05) is 14.0 Å². The van der Waals surface area contributed by atoms with E-state index in [-0.39, 0.29) is 10.7 Å². The highest BCUT2D eigenvalue weighted by Gasteiger charge is 2.27. The molecular formula is C14H22FN3O2S. The Kier molecular flexibility index (Phi) is 5.32. The van der Waals surface area contributed by atoms with Crippen LogP contribution in [-0.4, -0.2) is 57.4 Å². The minimum absolute atomic E-state index is 0.168. The lowest BCUT2D eigenvalue weighted by atomic mass is 10.2. The van der Waals surface area contributed by atoms with E-state index in [0.29, 0.717) is 44.8 Å². The molecule has 118 valence electrons. The summed E-state index contributed by atoms with van der Waals surface area (Å²) < 4.78 is 40.4. The summed E-state index contributed by atoms with van der Waals surface area (Å²) in [7, 11) is -1.57. The number of hydrogen-bond donors (Lipinski definition) is 1. The van der Waals surface area contributed by atoms with Crippen LogP contribution in [-0.2, 0) is 16.6 Å². The van der Waals surface area contributed by atoms with Crippen molar-refractivity contribution in [3.05, 3.63) is 29.6 Å². The predicted molar refractivity (Wildman–Crippen MR) is 80.0 cm³/mol. The third-order valence-corrected chi connectivity index (χ3v) is 5.58. The molecule has 2 rings (SSSR count). The molecule has 1 heterocycles. The number of halogens is 1. The van der Waals surface area contributed by atoms with Crippen molar-refractivity contribution in [2.45, 2.75) is 18.4 Å². The van der Waals surface area contributed by atoms with Gasteiger partial charge in [0.2, 0.25) is 10.0 Å². The van der Waals surface area contributed by atoms with Crippen LogP contribution in [0.5, 0.6) is 0 Å². The van der Waals surface area contributed by atoms with Crippen molar-refractivity contribution in [2.24, 2.45) is 0 Å². The lowest BCUT2D eigenvalue weighted by Crippen LogP contribution is -2.47. The lowest BCUT2D eigenvalue weighted by molar-refractivity contribution is 0.222. The number of benzene rings is 1. The van der Waals surface area contributed by atoms with Gasteiger partial charge in [0.25, 0.3) is 0 Å². The summed E-state index contributed by atoms with van der Waals surface area (Å²) >= 11 is 0. The van der Waals surface area contributed by atoms with E-state index in [9.17, 15) is 12.8 Å². The second kappa shape index (κ2) is 6.83. The van der Waals surface area contributed by atoms with E-state index in [1.54, 1.807) is 0 Å². The first-order chi connectivity index (χ1) is 9.95. The van der Waals surface area contributed by atoms with Crippen LogP contribution in [0.3, 0.4) is 0 Å². The molecule has 1 aliphatic rings. The van der Waals surface area contributed by atoms with Gasteiger partial charge in [0, 0.05) is 38.3 Å². The standard InChI is InChI=1S/C14H22FN3O2S/c1-3-16-11-12-10-13(4-5-14(12)15)21(19,20)18-8-6-17(2)7-9-18/h4-5,10,16H,3,6-9,11H2,1-2H3. The second-order valence-electron chi connectivity index (χ2n) is 5.24. The van der Waals surface area contributed by atoms with Gasteiger partial charge in [-0.2, -0.15) is 4.31 Å². The van der Waals surface area contributed by atoms with Gasteiger partial charge < -0.3 is 10.2 Å². The Labute approximate surface area is 125 Å². The highest BCUT2D eigenvalue weighted by Crippen LogP contribution is 2.20. The van der Waals surface area contributed by atoms with Crippen molar-refractivity contribution >= 4 is 10.0 Å². The number of sulfonamides is 1. The van der Waals surface area contributed by atoms with Gasteiger partial charge in [-0.25, -0.2) is 12.8 Å². The van der Waals surface area contributed by atoms with Gasteiger partial charge in [-0.15, -0.1) is 0 Å². The fourth-order valence-electron chi connectivity index (χ4n) is 2.28. The Morgan fingerprint density at radius 1 is 1.24 bits per heavy atom. The van der Waals surface area contributed by atoms with Crippen molar-refractivity contribution in [3.63, 3.8) is 0 Å². The van der Waals surface area contributed by atoms with Gasteiger partial charge in [0.1, 0.15) is 5.82 Å². The molecule has 0 atom stereocenters. The normalized spacial score (nSPS) is 18.0. The second-order valence-corrected chi connectivity index (χ2v) is 7.18. The van der Waals surface area contributed by atoms with Gasteiger partial charge in [-0.3, -0.25) is 0 Å². The summed E-state index contributed by atoms with van der Waals surface area (Å²) in [6, 6.07) is 4.01. The lowest BCUT2D eigenvalue weighted by Gasteiger charge is -2.31. The molecular weight excluding hydrogens is 293 g/mol. The molecule has 1 aromatic carbocycles. The van der Waals surface area contributed by atoms with Crippen LogP contribution in [0.2, 0.25) is 0 Å². The van der Waals surface area contributed by atoms with Gasteiger partial charge in [0.15, 0.2) is 0 Å². The predicted octanol–water partition coefficient (Wildman–Crippen LogP) is 0.871. The number of likely N-dealkylation sites (N-methyl/N-ethyl adjacent to an activating group) is 1. The van der Waals surface area contributed by atoms with Crippen LogP contribution < -0.4 is 5.32 Å². The molecule has 1 aliphatic heterocycles. The van der Waals surface area contributed by atoms with E-state index in [2.05, 4.69) is 10.2 Å². The maximum atomic E-state index is 13.7. The molecule has 1 saturated heterocycles.